The van der Waals surface area contributed by atoms with Crippen LogP contribution in [0.15, 0.2) is 36.4 Å². The Hall–Kier alpha value is -2.04. The fourth-order valence-corrected chi connectivity index (χ4v) is 3.71. The summed E-state index contributed by atoms with van der Waals surface area (Å²) in [6.07, 6.45) is 2.01. The number of nitrogens with one attached hydrogen (secondary N) is 1. The maximum absolute atomic E-state index is 12.5. The second-order valence-electron chi connectivity index (χ2n) is 7.65. The van der Waals surface area contributed by atoms with Crippen molar-refractivity contribution in [2.75, 3.05) is 13.1 Å². The summed E-state index contributed by atoms with van der Waals surface area (Å²) in [4.78, 5) is 14.9. The fraction of sp³-hybridized carbons (Fsp3) is 0.435. The van der Waals surface area contributed by atoms with E-state index in [0.29, 0.717) is 12.3 Å². The molecule has 5 heteroatoms. The van der Waals surface area contributed by atoms with Crippen LogP contribution < -0.4 is 10.1 Å². The van der Waals surface area contributed by atoms with Gasteiger partial charge in [0.05, 0.1) is 0 Å². The number of likely N-dealkylation sites (tertiary alicyclic amines) is 1. The molecule has 1 unspecified atom stereocenters. The van der Waals surface area contributed by atoms with Gasteiger partial charge in [0.15, 0.2) is 6.10 Å². The van der Waals surface area contributed by atoms with E-state index in [0.717, 1.165) is 28.3 Å². The molecule has 1 atom stereocenters. The second kappa shape index (κ2) is 9.44. The van der Waals surface area contributed by atoms with E-state index >= 15 is 0 Å². The quantitative estimate of drug-likeness (QED) is 0.736. The van der Waals surface area contributed by atoms with Gasteiger partial charge in [0, 0.05) is 18.1 Å². The molecule has 1 aliphatic rings. The minimum Gasteiger partial charge on any atom is -0.481 e. The molecule has 1 fully saturated rings. The molecule has 1 saturated heterocycles. The predicted molar refractivity (Wildman–Crippen MR) is 114 cm³/mol. The van der Waals surface area contributed by atoms with Crippen molar-refractivity contribution in [1.29, 1.82) is 0 Å². The number of carbonyl (C=O) groups is 1. The standard InChI is InChI=1S/C23H29ClN2O2/c1-16-11-21(12-17(2)22(16)24)28-18(3)23(27)25-14-19-7-6-8-20(13-19)15-26-9-4-5-10-26/h6-8,11-13,18H,4-5,9-10,14-15H2,1-3H3,(H,25,27). The smallest absolute Gasteiger partial charge is 0.261 e. The Bertz CT molecular complexity index is 808. The molecule has 150 valence electrons. The van der Waals surface area contributed by atoms with Crippen LogP contribution >= 0.6 is 11.6 Å². The Morgan fingerprint density at radius 1 is 1.14 bits per heavy atom. The van der Waals surface area contributed by atoms with E-state index in [2.05, 4.69) is 28.4 Å². The molecule has 0 radical (unpaired) electrons. The third kappa shape index (κ3) is 5.49. The van der Waals surface area contributed by atoms with Crippen molar-refractivity contribution in [2.24, 2.45) is 0 Å². The van der Waals surface area contributed by atoms with Gasteiger partial charge in [0.2, 0.25) is 0 Å². The molecule has 0 saturated carbocycles. The van der Waals surface area contributed by atoms with Crippen molar-refractivity contribution in [2.45, 2.75) is 52.8 Å². The van der Waals surface area contributed by atoms with Crippen LogP contribution in [0.25, 0.3) is 0 Å². The van der Waals surface area contributed by atoms with E-state index in [1.807, 2.05) is 32.0 Å². The van der Waals surface area contributed by atoms with Gasteiger partial charge in [-0.3, -0.25) is 9.69 Å². The number of halogens is 1. The van der Waals surface area contributed by atoms with E-state index < -0.39 is 6.10 Å². The lowest BCUT2D eigenvalue weighted by Crippen LogP contribution is -2.36. The number of hydrogen-bond acceptors (Lipinski definition) is 3. The number of amides is 1. The highest BCUT2D eigenvalue weighted by Gasteiger charge is 2.16. The number of aryl methyl sites for hydroxylation is 2. The number of benzene rings is 2. The molecule has 28 heavy (non-hydrogen) atoms. The number of hydrogen-bond donors (Lipinski definition) is 1. The highest BCUT2D eigenvalue weighted by Crippen LogP contribution is 2.26. The van der Waals surface area contributed by atoms with Crippen LogP contribution in [0.2, 0.25) is 5.02 Å². The summed E-state index contributed by atoms with van der Waals surface area (Å²) >= 11 is 6.19. The number of carbonyl (C=O) groups excluding carboxylic acids is 1. The van der Waals surface area contributed by atoms with Crippen molar-refractivity contribution in [3.05, 3.63) is 63.7 Å². The normalized spacial score (nSPS) is 15.4. The van der Waals surface area contributed by atoms with Crippen LogP contribution in [-0.4, -0.2) is 30.0 Å². The molecule has 0 aromatic heterocycles. The maximum atomic E-state index is 12.5. The summed E-state index contributed by atoms with van der Waals surface area (Å²) in [5.74, 6) is 0.532. The van der Waals surface area contributed by atoms with Crippen molar-refractivity contribution in [1.82, 2.24) is 10.2 Å². The van der Waals surface area contributed by atoms with Crippen molar-refractivity contribution in [3.63, 3.8) is 0 Å². The van der Waals surface area contributed by atoms with Crippen LogP contribution in [-0.2, 0) is 17.9 Å². The highest BCUT2D eigenvalue weighted by molar-refractivity contribution is 6.32. The molecule has 1 N–H and O–H groups in total. The van der Waals surface area contributed by atoms with Gasteiger partial charge in [-0.1, -0.05) is 35.9 Å². The minimum atomic E-state index is -0.576. The third-order valence-corrected chi connectivity index (χ3v) is 5.75. The Morgan fingerprint density at radius 2 is 1.79 bits per heavy atom. The van der Waals surface area contributed by atoms with Crippen LogP contribution in [0.1, 0.15) is 42.0 Å². The van der Waals surface area contributed by atoms with Crippen molar-refractivity contribution >= 4 is 17.5 Å². The summed E-state index contributed by atoms with van der Waals surface area (Å²) in [6.45, 7) is 9.47. The maximum Gasteiger partial charge on any atom is 0.261 e. The molecule has 0 bridgehead atoms. The number of ether oxygens (including phenoxy) is 1. The molecular formula is C23H29ClN2O2. The van der Waals surface area contributed by atoms with Crippen molar-refractivity contribution in [3.8, 4) is 5.75 Å². The van der Waals surface area contributed by atoms with Gasteiger partial charge in [0.25, 0.3) is 5.91 Å². The van der Waals surface area contributed by atoms with Gasteiger partial charge >= 0.3 is 0 Å². The molecule has 2 aromatic rings. The summed E-state index contributed by atoms with van der Waals surface area (Å²) in [5, 5.41) is 3.71. The van der Waals surface area contributed by atoms with E-state index in [4.69, 9.17) is 16.3 Å². The fourth-order valence-electron chi connectivity index (χ4n) is 3.60. The minimum absolute atomic E-state index is 0.129. The first kappa shape index (κ1) is 20.7. The first-order valence-electron chi connectivity index (χ1n) is 9.93. The monoisotopic (exact) mass is 400 g/mol. The van der Waals surface area contributed by atoms with Gasteiger partial charge < -0.3 is 10.1 Å². The van der Waals surface area contributed by atoms with E-state index in [1.54, 1.807) is 6.92 Å². The second-order valence-corrected chi connectivity index (χ2v) is 8.03. The molecule has 1 aliphatic heterocycles. The summed E-state index contributed by atoms with van der Waals surface area (Å²) in [6, 6.07) is 12.2. The molecule has 0 spiro atoms. The molecule has 4 nitrogen and oxygen atoms in total. The zero-order chi connectivity index (χ0) is 20.1. The van der Waals surface area contributed by atoms with Gasteiger partial charge in [-0.05, 0) is 81.1 Å². The predicted octanol–water partition coefficient (Wildman–Crippen LogP) is 4.64. The third-order valence-electron chi connectivity index (χ3n) is 5.16. The van der Waals surface area contributed by atoms with Gasteiger partial charge in [-0.2, -0.15) is 0 Å². The van der Waals surface area contributed by atoms with E-state index in [-0.39, 0.29) is 5.91 Å². The zero-order valence-corrected chi connectivity index (χ0v) is 17.7. The first-order chi connectivity index (χ1) is 13.4. The molecular weight excluding hydrogens is 372 g/mol. The Kier molecular flexibility index (Phi) is 6.97. The van der Waals surface area contributed by atoms with Crippen LogP contribution in [0, 0.1) is 13.8 Å². The van der Waals surface area contributed by atoms with Gasteiger partial charge in [0.1, 0.15) is 5.75 Å². The zero-order valence-electron chi connectivity index (χ0n) is 16.9. The lowest BCUT2D eigenvalue weighted by atomic mass is 10.1. The number of nitrogens with zero attached hydrogens (tertiary/aromatic N) is 1. The van der Waals surface area contributed by atoms with Gasteiger partial charge in [-0.15, -0.1) is 0 Å². The van der Waals surface area contributed by atoms with Crippen molar-refractivity contribution < 1.29 is 9.53 Å². The topological polar surface area (TPSA) is 41.6 Å². The lowest BCUT2D eigenvalue weighted by Gasteiger charge is -2.17. The Morgan fingerprint density at radius 3 is 2.46 bits per heavy atom. The average Bonchev–Trinajstić information content (AvgIpc) is 3.17. The van der Waals surface area contributed by atoms with Crippen LogP contribution in [0.3, 0.4) is 0 Å². The molecule has 2 aromatic carbocycles. The average molecular weight is 401 g/mol. The lowest BCUT2D eigenvalue weighted by molar-refractivity contribution is -0.127. The Labute approximate surface area is 172 Å². The SMILES string of the molecule is Cc1cc(OC(C)C(=O)NCc2cccc(CN3CCCC3)c2)cc(C)c1Cl. The molecule has 3 rings (SSSR count). The van der Waals surface area contributed by atoms with E-state index in [9.17, 15) is 4.79 Å². The molecule has 1 amide bonds. The summed E-state index contributed by atoms with van der Waals surface area (Å²) < 4.78 is 5.82. The first-order valence-corrected chi connectivity index (χ1v) is 10.3. The van der Waals surface area contributed by atoms with Crippen LogP contribution in [0.5, 0.6) is 5.75 Å². The van der Waals surface area contributed by atoms with E-state index in [1.165, 1.54) is 31.5 Å². The summed E-state index contributed by atoms with van der Waals surface area (Å²) in [5.41, 5.74) is 4.29. The number of rotatable bonds is 7. The van der Waals surface area contributed by atoms with Gasteiger partial charge in [-0.25, -0.2) is 0 Å². The summed E-state index contributed by atoms with van der Waals surface area (Å²) in [7, 11) is 0. The highest BCUT2D eigenvalue weighted by atomic mass is 35.5. The molecule has 0 aliphatic carbocycles. The Balaban J connectivity index is 1.53. The molecule has 1 heterocycles. The largest absolute Gasteiger partial charge is 0.481 e. The van der Waals surface area contributed by atoms with Crippen LogP contribution in [0.4, 0.5) is 0 Å².